The van der Waals surface area contributed by atoms with E-state index in [9.17, 15) is 17.2 Å². The van der Waals surface area contributed by atoms with E-state index in [4.69, 9.17) is 20.2 Å². The van der Waals surface area contributed by atoms with Crippen LogP contribution in [0.3, 0.4) is 0 Å². The van der Waals surface area contributed by atoms with E-state index in [0.29, 0.717) is 48.6 Å². The third kappa shape index (κ3) is 5.64. The van der Waals surface area contributed by atoms with Gasteiger partial charge in [-0.25, -0.2) is 45.9 Å². The first-order valence-electron chi connectivity index (χ1n) is 13.3. The van der Waals surface area contributed by atoms with Gasteiger partial charge in [0.1, 0.15) is 34.5 Å². The van der Waals surface area contributed by atoms with E-state index in [1.165, 1.54) is 31.6 Å². The van der Waals surface area contributed by atoms with E-state index >= 15 is 8.78 Å². The summed E-state index contributed by atoms with van der Waals surface area (Å²) in [5, 5.41) is 0.365. The topological polar surface area (TPSA) is 145 Å². The van der Waals surface area contributed by atoms with Crippen LogP contribution < -0.4 is 20.1 Å². The van der Waals surface area contributed by atoms with Crippen molar-refractivity contribution in [3.8, 4) is 28.3 Å². The lowest BCUT2D eigenvalue weighted by Gasteiger charge is -2.29. The van der Waals surface area contributed by atoms with Crippen LogP contribution in [0.4, 0.5) is 35.0 Å². The number of sulfonamides is 1. The number of nitrogen functional groups attached to an aromatic ring is 1. The lowest BCUT2D eigenvalue weighted by Crippen LogP contribution is -2.37. The molecule has 0 aliphatic carbocycles. The van der Waals surface area contributed by atoms with Crippen LogP contribution in [0.25, 0.3) is 33.4 Å². The van der Waals surface area contributed by atoms with Crippen LogP contribution in [0.15, 0.2) is 59.8 Å². The van der Waals surface area contributed by atoms with Gasteiger partial charge in [-0.1, -0.05) is 6.07 Å². The highest BCUT2D eigenvalue weighted by Gasteiger charge is 2.28. The third-order valence-corrected chi connectivity index (χ3v) is 8.43. The molecule has 0 saturated carbocycles. The molecule has 0 spiro atoms. The Hall–Kier alpha value is -5.09. The van der Waals surface area contributed by atoms with Crippen molar-refractivity contribution in [3.05, 3.63) is 78.1 Å². The van der Waals surface area contributed by atoms with Crippen molar-refractivity contribution in [1.82, 2.24) is 19.9 Å². The van der Waals surface area contributed by atoms with Crippen molar-refractivity contribution in [2.45, 2.75) is 4.90 Å². The van der Waals surface area contributed by atoms with Crippen LogP contribution in [-0.4, -0.2) is 61.8 Å². The van der Waals surface area contributed by atoms with Gasteiger partial charge in [-0.15, -0.1) is 0 Å². The van der Waals surface area contributed by atoms with Gasteiger partial charge in [-0.05, 0) is 42.0 Å². The zero-order chi connectivity index (χ0) is 31.9. The van der Waals surface area contributed by atoms with Crippen molar-refractivity contribution in [2.24, 2.45) is 0 Å². The standard InChI is InChI=1S/C29H23F4N7O4S/c1-43-22-12-15(23-18(30)5-6-21(24(23)33)39-45(41,42)26-19(31)3-2-4-20(26)32)11-17-25(22)37-27(16-13-35-29(34)36-14-16)38-28(17)40-7-9-44-10-8-40/h2-6,11-14,39H,7-10H2,1H3,(H2,34,35,36). The number of rotatable bonds is 7. The summed E-state index contributed by atoms with van der Waals surface area (Å²) in [5.41, 5.74) is 4.97. The summed E-state index contributed by atoms with van der Waals surface area (Å²) in [4.78, 5) is 18.0. The average molecular weight is 642 g/mol. The molecule has 5 aromatic rings. The molecule has 0 amide bonds. The van der Waals surface area contributed by atoms with E-state index in [1.54, 1.807) is 0 Å². The number of methoxy groups -OCH3 is 1. The second kappa shape index (κ2) is 11.8. The van der Waals surface area contributed by atoms with E-state index in [1.807, 2.05) is 9.62 Å². The summed E-state index contributed by atoms with van der Waals surface area (Å²) in [6, 6.07) is 6.88. The number of anilines is 3. The highest BCUT2D eigenvalue weighted by molar-refractivity contribution is 7.92. The molecule has 16 heteroatoms. The van der Waals surface area contributed by atoms with E-state index in [0.717, 1.165) is 30.3 Å². The fourth-order valence-electron chi connectivity index (χ4n) is 4.91. The Morgan fingerprint density at radius 2 is 1.62 bits per heavy atom. The summed E-state index contributed by atoms with van der Waals surface area (Å²) >= 11 is 0. The monoisotopic (exact) mass is 641 g/mol. The summed E-state index contributed by atoms with van der Waals surface area (Å²) in [5.74, 6) is -4.32. The molecule has 1 saturated heterocycles. The average Bonchev–Trinajstić information content (AvgIpc) is 3.02. The van der Waals surface area contributed by atoms with Crippen molar-refractivity contribution in [2.75, 3.05) is 48.8 Å². The maximum Gasteiger partial charge on any atom is 0.267 e. The summed E-state index contributed by atoms with van der Waals surface area (Å²) in [6.07, 6.45) is 2.91. The number of morpholine rings is 1. The van der Waals surface area contributed by atoms with Gasteiger partial charge in [0.25, 0.3) is 10.0 Å². The number of halogens is 4. The number of hydrogen-bond acceptors (Lipinski definition) is 10. The van der Waals surface area contributed by atoms with Crippen molar-refractivity contribution < 1.29 is 35.5 Å². The lowest BCUT2D eigenvalue weighted by atomic mass is 10.0. The number of hydrogen-bond donors (Lipinski definition) is 2. The van der Waals surface area contributed by atoms with Crippen molar-refractivity contribution in [3.63, 3.8) is 0 Å². The SMILES string of the molecule is COc1cc(-c2c(F)ccc(NS(=O)(=O)c3c(F)cccc3F)c2F)cc2c(N3CCOCC3)nc(-c3cnc(N)nc3)nc12. The highest BCUT2D eigenvalue weighted by atomic mass is 32.2. The molecule has 45 heavy (non-hydrogen) atoms. The largest absolute Gasteiger partial charge is 0.494 e. The first kappa shape index (κ1) is 30.0. The first-order valence-corrected chi connectivity index (χ1v) is 14.8. The van der Waals surface area contributed by atoms with Gasteiger partial charge in [-0.2, -0.15) is 0 Å². The third-order valence-electron chi connectivity index (χ3n) is 7.02. The number of nitrogens with two attached hydrogens (primary N) is 1. The highest BCUT2D eigenvalue weighted by Crippen LogP contribution is 2.40. The van der Waals surface area contributed by atoms with Crippen LogP contribution in [-0.2, 0) is 14.8 Å². The minimum Gasteiger partial charge on any atom is -0.494 e. The molecule has 3 aromatic carbocycles. The molecule has 3 heterocycles. The molecule has 2 aromatic heterocycles. The maximum atomic E-state index is 16.0. The molecule has 1 fully saturated rings. The normalized spacial score (nSPS) is 13.7. The second-order valence-electron chi connectivity index (χ2n) is 9.82. The zero-order valence-corrected chi connectivity index (χ0v) is 24.2. The van der Waals surface area contributed by atoms with Crippen LogP contribution >= 0.6 is 0 Å². The fraction of sp³-hybridized carbons (Fsp3) is 0.172. The zero-order valence-electron chi connectivity index (χ0n) is 23.4. The van der Waals surface area contributed by atoms with Gasteiger partial charge < -0.3 is 20.1 Å². The lowest BCUT2D eigenvalue weighted by molar-refractivity contribution is 0.122. The van der Waals surface area contributed by atoms with Gasteiger partial charge in [0, 0.05) is 30.9 Å². The fourth-order valence-corrected chi connectivity index (χ4v) is 6.11. The van der Waals surface area contributed by atoms with Crippen LogP contribution in [0.2, 0.25) is 0 Å². The predicted octanol–water partition coefficient (Wildman–Crippen LogP) is 4.54. The Morgan fingerprint density at radius 1 is 0.933 bits per heavy atom. The molecule has 1 aliphatic heterocycles. The van der Waals surface area contributed by atoms with Crippen LogP contribution in [0.5, 0.6) is 5.75 Å². The second-order valence-corrected chi connectivity index (χ2v) is 11.4. The van der Waals surface area contributed by atoms with Crippen LogP contribution in [0, 0.1) is 23.3 Å². The number of benzene rings is 3. The molecule has 0 radical (unpaired) electrons. The Balaban J connectivity index is 1.52. The molecule has 11 nitrogen and oxygen atoms in total. The van der Waals surface area contributed by atoms with E-state index in [2.05, 4.69) is 15.0 Å². The Morgan fingerprint density at radius 3 is 2.29 bits per heavy atom. The van der Waals surface area contributed by atoms with Gasteiger partial charge in [-0.3, -0.25) is 4.72 Å². The Labute approximate surface area is 253 Å². The summed E-state index contributed by atoms with van der Waals surface area (Å²) < 4.78 is 98.5. The van der Waals surface area contributed by atoms with Crippen molar-refractivity contribution >= 4 is 38.4 Å². The molecular formula is C29H23F4N7O4S. The van der Waals surface area contributed by atoms with Gasteiger partial charge >= 0.3 is 0 Å². The molecule has 0 bridgehead atoms. The van der Waals surface area contributed by atoms with E-state index < -0.39 is 49.4 Å². The number of nitrogens with one attached hydrogen (secondary N) is 1. The quantitative estimate of drug-likeness (QED) is 0.243. The maximum absolute atomic E-state index is 16.0. The Kier molecular flexibility index (Phi) is 7.84. The van der Waals surface area contributed by atoms with Crippen LogP contribution in [0.1, 0.15) is 0 Å². The van der Waals surface area contributed by atoms with Gasteiger partial charge in [0.2, 0.25) is 5.95 Å². The summed E-state index contributed by atoms with van der Waals surface area (Å²) in [7, 11) is -3.61. The summed E-state index contributed by atoms with van der Waals surface area (Å²) in [6.45, 7) is 1.69. The minimum absolute atomic E-state index is 0.0471. The molecule has 0 unspecified atom stereocenters. The van der Waals surface area contributed by atoms with E-state index in [-0.39, 0.29) is 23.1 Å². The number of aromatic nitrogens is 4. The molecule has 6 rings (SSSR count). The van der Waals surface area contributed by atoms with Gasteiger partial charge in [0.05, 0.1) is 37.1 Å². The molecular weight excluding hydrogens is 618 g/mol. The van der Waals surface area contributed by atoms with Gasteiger partial charge in [0.15, 0.2) is 16.5 Å². The molecule has 232 valence electrons. The Bertz CT molecular complexity index is 2020. The minimum atomic E-state index is -4.96. The first-order chi connectivity index (χ1) is 21.6. The molecule has 3 N–H and O–H groups in total. The predicted molar refractivity (Wildman–Crippen MR) is 157 cm³/mol. The molecule has 1 aliphatic rings. The van der Waals surface area contributed by atoms with Crippen molar-refractivity contribution in [1.29, 1.82) is 0 Å². The molecule has 0 atom stereocenters. The number of fused-ring (bicyclic) bond motifs is 1. The number of nitrogens with zero attached hydrogens (tertiary/aromatic N) is 5. The smallest absolute Gasteiger partial charge is 0.267 e. The number of ether oxygens (including phenoxy) is 2.